The molecule has 0 heterocycles. The summed E-state index contributed by atoms with van der Waals surface area (Å²) < 4.78 is 5.80. The molecule has 0 aliphatic carbocycles. The van der Waals surface area contributed by atoms with Crippen molar-refractivity contribution in [2.75, 3.05) is 12.4 Å². The quantitative estimate of drug-likeness (QED) is 0.918. The molecule has 0 fully saturated rings. The third-order valence-corrected chi connectivity index (χ3v) is 3.72. The van der Waals surface area contributed by atoms with Crippen LogP contribution in [0, 0.1) is 18.3 Å². The smallest absolute Gasteiger partial charge is 0.256 e. The second kappa shape index (κ2) is 6.42. The molecule has 1 amide bonds. The van der Waals surface area contributed by atoms with Crippen LogP contribution in [0.5, 0.6) is 5.75 Å². The van der Waals surface area contributed by atoms with Crippen molar-refractivity contribution in [2.45, 2.75) is 6.92 Å². The van der Waals surface area contributed by atoms with Crippen molar-refractivity contribution in [3.8, 4) is 11.8 Å². The molecular formula is C16H13BrN2O2. The Kier molecular flexibility index (Phi) is 4.61. The van der Waals surface area contributed by atoms with Gasteiger partial charge < -0.3 is 10.1 Å². The molecule has 0 unspecified atom stereocenters. The number of rotatable bonds is 3. The van der Waals surface area contributed by atoms with Crippen LogP contribution in [0.2, 0.25) is 0 Å². The van der Waals surface area contributed by atoms with Crippen LogP contribution in [0.25, 0.3) is 0 Å². The van der Waals surface area contributed by atoms with Crippen molar-refractivity contribution >= 4 is 27.5 Å². The zero-order chi connectivity index (χ0) is 15.4. The molecule has 0 aliphatic heterocycles. The van der Waals surface area contributed by atoms with E-state index in [0.29, 0.717) is 27.0 Å². The van der Waals surface area contributed by atoms with E-state index in [1.54, 1.807) is 43.5 Å². The maximum Gasteiger partial charge on any atom is 0.256 e. The summed E-state index contributed by atoms with van der Waals surface area (Å²) in [6.07, 6.45) is 0. The Morgan fingerprint density at radius 2 is 2.05 bits per heavy atom. The van der Waals surface area contributed by atoms with Gasteiger partial charge in [0, 0.05) is 10.2 Å². The molecule has 2 rings (SSSR count). The van der Waals surface area contributed by atoms with E-state index in [1.807, 2.05) is 6.92 Å². The number of aryl methyl sites for hydroxylation is 1. The molecule has 0 aliphatic rings. The lowest BCUT2D eigenvalue weighted by Crippen LogP contribution is -2.13. The summed E-state index contributed by atoms with van der Waals surface area (Å²) in [4.78, 5) is 12.4. The van der Waals surface area contributed by atoms with E-state index in [-0.39, 0.29) is 5.91 Å². The van der Waals surface area contributed by atoms with Crippen molar-refractivity contribution in [3.63, 3.8) is 0 Å². The number of hydrogen-bond acceptors (Lipinski definition) is 3. The molecule has 2 aromatic rings. The van der Waals surface area contributed by atoms with Gasteiger partial charge in [0.05, 0.1) is 24.3 Å². The first-order valence-corrected chi connectivity index (χ1v) is 7.00. The molecule has 4 nitrogen and oxygen atoms in total. The predicted octanol–water partition coefficient (Wildman–Crippen LogP) is 3.89. The first kappa shape index (κ1) is 15.1. The van der Waals surface area contributed by atoms with E-state index in [9.17, 15) is 4.79 Å². The minimum Gasteiger partial charge on any atom is -0.497 e. The number of methoxy groups -OCH3 is 1. The molecule has 1 N–H and O–H groups in total. The van der Waals surface area contributed by atoms with Crippen LogP contribution in [0.4, 0.5) is 5.69 Å². The fraction of sp³-hybridized carbons (Fsp3) is 0.125. The van der Waals surface area contributed by atoms with Gasteiger partial charge in [-0.05, 0) is 58.7 Å². The Hall–Kier alpha value is -2.32. The fourth-order valence-electron chi connectivity index (χ4n) is 1.82. The normalized spacial score (nSPS) is 9.81. The van der Waals surface area contributed by atoms with E-state index in [0.717, 1.165) is 5.56 Å². The monoisotopic (exact) mass is 344 g/mol. The van der Waals surface area contributed by atoms with Gasteiger partial charge in [-0.25, -0.2) is 0 Å². The number of nitriles is 1. The number of hydrogen-bond donors (Lipinski definition) is 1. The second-order valence-corrected chi connectivity index (χ2v) is 5.30. The van der Waals surface area contributed by atoms with Gasteiger partial charge in [-0.1, -0.05) is 6.07 Å². The van der Waals surface area contributed by atoms with Crippen LogP contribution in [-0.2, 0) is 0 Å². The third kappa shape index (κ3) is 3.41. The van der Waals surface area contributed by atoms with E-state index in [1.165, 1.54) is 0 Å². The topological polar surface area (TPSA) is 62.1 Å². The van der Waals surface area contributed by atoms with Gasteiger partial charge in [0.25, 0.3) is 5.91 Å². The third-order valence-electron chi connectivity index (χ3n) is 3.03. The maximum absolute atomic E-state index is 12.4. The summed E-state index contributed by atoms with van der Waals surface area (Å²) in [5.41, 5.74) is 2.48. The first-order chi connectivity index (χ1) is 10.0. The number of carbonyl (C=O) groups excluding carboxylic acids is 1. The van der Waals surface area contributed by atoms with Gasteiger partial charge in [-0.15, -0.1) is 0 Å². The Bertz CT molecular complexity index is 736. The molecule has 0 bridgehead atoms. The van der Waals surface area contributed by atoms with Gasteiger partial charge in [0.15, 0.2) is 0 Å². The van der Waals surface area contributed by atoms with Crippen LogP contribution in [0.15, 0.2) is 40.9 Å². The Morgan fingerprint density at radius 1 is 1.29 bits per heavy atom. The Balaban J connectivity index is 2.32. The predicted molar refractivity (Wildman–Crippen MR) is 84.5 cm³/mol. The molecule has 0 saturated carbocycles. The highest BCUT2D eigenvalue weighted by atomic mass is 79.9. The highest BCUT2D eigenvalue weighted by Crippen LogP contribution is 2.24. The van der Waals surface area contributed by atoms with Crippen LogP contribution >= 0.6 is 15.9 Å². The Labute approximate surface area is 131 Å². The largest absolute Gasteiger partial charge is 0.497 e. The van der Waals surface area contributed by atoms with Gasteiger partial charge in [-0.2, -0.15) is 5.26 Å². The second-order valence-electron chi connectivity index (χ2n) is 4.44. The van der Waals surface area contributed by atoms with E-state index in [2.05, 4.69) is 27.3 Å². The van der Waals surface area contributed by atoms with Crippen molar-refractivity contribution in [2.24, 2.45) is 0 Å². The fourth-order valence-corrected chi connectivity index (χ4v) is 2.25. The van der Waals surface area contributed by atoms with Crippen molar-refractivity contribution < 1.29 is 9.53 Å². The minimum absolute atomic E-state index is 0.265. The van der Waals surface area contributed by atoms with Crippen molar-refractivity contribution in [1.29, 1.82) is 5.26 Å². The van der Waals surface area contributed by atoms with Gasteiger partial charge in [0.1, 0.15) is 5.75 Å². The zero-order valence-corrected chi connectivity index (χ0v) is 13.2. The SMILES string of the molecule is COc1ccc(Br)c(C(=O)Nc2cc(C#N)ccc2C)c1. The first-order valence-electron chi connectivity index (χ1n) is 6.21. The molecule has 2 aromatic carbocycles. The molecule has 106 valence electrons. The van der Waals surface area contributed by atoms with Crippen molar-refractivity contribution in [3.05, 3.63) is 57.6 Å². The number of ether oxygens (including phenoxy) is 1. The lowest BCUT2D eigenvalue weighted by molar-refractivity contribution is 0.102. The number of amides is 1. The highest BCUT2D eigenvalue weighted by molar-refractivity contribution is 9.10. The molecule has 5 heteroatoms. The van der Waals surface area contributed by atoms with E-state index < -0.39 is 0 Å². The number of halogens is 1. The summed E-state index contributed by atoms with van der Waals surface area (Å²) in [7, 11) is 1.55. The van der Waals surface area contributed by atoms with Crippen LogP contribution in [0.3, 0.4) is 0 Å². The highest BCUT2D eigenvalue weighted by Gasteiger charge is 2.13. The number of nitrogens with zero attached hydrogens (tertiary/aromatic N) is 1. The molecule has 0 radical (unpaired) electrons. The van der Waals surface area contributed by atoms with Gasteiger partial charge >= 0.3 is 0 Å². The summed E-state index contributed by atoms with van der Waals surface area (Å²) in [6.45, 7) is 1.87. The molecule has 0 saturated heterocycles. The van der Waals surface area contributed by atoms with Crippen molar-refractivity contribution in [1.82, 2.24) is 0 Å². The summed E-state index contributed by atoms with van der Waals surface area (Å²) in [5, 5.41) is 11.7. The molecular weight excluding hydrogens is 332 g/mol. The standard InChI is InChI=1S/C16H13BrN2O2/c1-10-3-4-11(9-18)7-15(10)19-16(20)13-8-12(21-2)5-6-14(13)17/h3-8H,1-2H3,(H,19,20). The summed E-state index contributed by atoms with van der Waals surface area (Å²) >= 11 is 3.35. The lowest BCUT2D eigenvalue weighted by atomic mass is 10.1. The average Bonchev–Trinajstić information content (AvgIpc) is 2.49. The van der Waals surface area contributed by atoms with Crippen LogP contribution < -0.4 is 10.1 Å². The minimum atomic E-state index is -0.265. The van der Waals surface area contributed by atoms with Gasteiger partial charge in [0.2, 0.25) is 0 Å². The molecule has 0 spiro atoms. The summed E-state index contributed by atoms with van der Waals surface area (Å²) in [6, 6.07) is 12.4. The molecule has 0 aromatic heterocycles. The maximum atomic E-state index is 12.4. The number of carbonyl (C=O) groups is 1. The summed E-state index contributed by atoms with van der Waals surface area (Å²) in [5.74, 6) is 0.338. The van der Waals surface area contributed by atoms with Crippen LogP contribution in [0.1, 0.15) is 21.5 Å². The molecule has 21 heavy (non-hydrogen) atoms. The van der Waals surface area contributed by atoms with E-state index >= 15 is 0 Å². The van der Waals surface area contributed by atoms with Crippen LogP contribution in [-0.4, -0.2) is 13.0 Å². The zero-order valence-electron chi connectivity index (χ0n) is 11.6. The number of benzene rings is 2. The average molecular weight is 345 g/mol. The number of anilines is 1. The van der Waals surface area contributed by atoms with Gasteiger partial charge in [-0.3, -0.25) is 4.79 Å². The van der Waals surface area contributed by atoms with E-state index in [4.69, 9.17) is 10.00 Å². The number of nitrogens with one attached hydrogen (secondary N) is 1. The Morgan fingerprint density at radius 3 is 2.71 bits per heavy atom. The lowest BCUT2D eigenvalue weighted by Gasteiger charge is -2.11. The molecule has 0 atom stereocenters.